The molecule has 0 aliphatic rings. The highest BCUT2D eigenvalue weighted by Crippen LogP contribution is 2.02. The Balaban J connectivity index is 3.52. The summed E-state index contributed by atoms with van der Waals surface area (Å²) in [6.07, 6.45) is 2.89. The van der Waals surface area contributed by atoms with Gasteiger partial charge in [0.15, 0.2) is 0 Å². The molecule has 0 radical (unpaired) electrons. The third-order valence-electron chi connectivity index (χ3n) is 2.28. The largest absolute Gasteiger partial charge is 0.356 e. The second kappa shape index (κ2) is 7.62. The number of nitrogens with two attached hydrogens (primary N) is 1. The van der Waals surface area contributed by atoms with Gasteiger partial charge in [0, 0.05) is 19.2 Å². The van der Waals surface area contributed by atoms with Gasteiger partial charge in [-0.15, -0.1) is 0 Å². The first-order valence-electron chi connectivity index (χ1n) is 5.49. The van der Waals surface area contributed by atoms with Crippen molar-refractivity contribution in [2.75, 3.05) is 25.1 Å². The van der Waals surface area contributed by atoms with Crippen molar-refractivity contribution in [3.63, 3.8) is 0 Å². The van der Waals surface area contributed by atoms with Gasteiger partial charge in [0.2, 0.25) is 5.91 Å². The van der Waals surface area contributed by atoms with Crippen LogP contribution >= 0.6 is 0 Å². The lowest BCUT2D eigenvalue weighted by atomic mass is 10.1. The highest BCUT2D eigenvalue weighted by Gasteiger charge is 2.06. The molecule has 0 fully saturated rings. The first-order chi connectivity index (χ1) is 7.35. The molecule has 16 heavy (non-hydrogen) atoms. The van der Waals surface area contributed by atoms with E-state index in [1.807, 2.05) is 6.92 Å². The molecular formula is C10H22N2O3S. The summed E-state index contributed by atoms with van der Waals surface area (Å²) >= 11 is 0. The van der Waals surface area contributed by atoms with E-state index in [-0.39, 0.29) is 11.7 Å². The molecule has 0 bridgehead atoms. The fourth-order valence-corrected chi connectivity index (χ4v) is 1.81. The molecule has 5 nitrogen and oxygen atoms in total. The second-order valence-electron chi connectivity index (χ2n) is 4.21. The Morgan fingerprint density at radius 3 is 2.56 bits per heavy atom. The molecule has 0 saturated heterocycles. The van der Waals surface area contributed by atoms with Crippen LogP contribution in [0.3, 0.4) is 0 Å². The van der Waals surface area contributed by atoms with Crippen molar-refractivity contribution in [2.24, 2.45) is 11.7 Å². The number of carbonyl (C=O) groups excluding carboxylic acids is 1. The van der Waals surface area contributed by atoms with Gasteiger partial charge in [0.1, 0.15) is 9.84 Å². The molecule has 0 aromatic heterocycles. The Morgan fingerprint density at radius 1 is 1.44 bits per heavy atom. The van der Waals surface area contributed by atoms with E-state index in [1.54, 1.807) is 0 Å². The smallest absolute Gasteiger partial charge is 0.220 e. The minimum atomic E-state index is -2.92. The molecule has 0 rings (SSSR count). The van der Waals surface area contributed by atoms with E-state index in [2.05, 4.69) is 5.32 Å². The molecule has 96 valence electrons. The van der Waals surface area contributed by atoms with Crippen molar-refractivity contribution >= 4 is 15.7 Å². The molecule has 3 N–H and O–H groups in total. The third-order valence-corrected chi connectivity index (χ3v) is 3.31. The lowest BCUT2D eigenvalue weighted by Gasteiger charge is -2.08. The predicted octanol–water partition coefficient (Wildman–Crippen LogP) is -0.0877. The SMILES string of the molecule is CC(CN)CCC(=O)NCCCS(C)(=O)=O. The number of rotatable bonds is 8. The lowest BCUT2D eigenvalue weighted by Crippen LogP contribution is -2.26. The quantitative estimate of drug-likeness (QED) is 0.589. The van der Waals surface area contributed by atoms with Crippen molar-refractivity contribution in [1.29, 1.82) is 0 Å². The van der Waals surface area contributed by atoms with Crippen molar-refractivity contribution < 1.29 is 13.2 Å². The van der Waals surface area contributed by atoms with Gasteiger partial charge in [-0.25, -0.2) is 8.42 Å². The summed E-state index contributed by atoms with van der Waals surface area (Å²) < 4.78 is 21.6. The molecule has 0 heterocycles. The number of amides is 1. The van der Waals surface area contributed by atoms with E-state index in [9.17, 15) is 13.2 Å². The Labute approximate surface area is 97.7 Å². The summed E-state index contributed by atoms with van der Waals surface area (Å²) in [6, 6.07) is 0. The van der Waals surface area contributed by atoms with E-state index < -0.39 is 9.84 Å². The van der Waals surface area contributed by atoms with Gasteiger partial charge in [-0.1, -0.05) is 6.92 Å². The van der Waals surface area contributed by atoms with Gasteiger partial charge >= 0.3 is 0 Å². The number of carbonyl (C=O) groups is 1. The van der Waals surface area contributed by atoms with Crippen LogP contribution in [0.25, 0.3) is 0 Å². The van der Waals surface area contributed by atoms with E-state index in [1.165, 1.54) is 6.26 Å². The molecule has 0 aromatic carbocycles. The van der Waals surface area contributed by atoms with Crippen LogP contribution in [-0.2, 0) is 14.6 Å². The number of nitrogens with one attached hydrogen (secondary N) is 1. The molecule has 0 aliphatic carbocycles. The molecule has 6 heteroatoms. The van der Waals surface area contributed by atoms with Crippen LogP contribution in [0.5, 0.6) is 0 Å². The summed E-state index contributed by atoms with van der Waals surface area (Å²) in [7, 11) is -2.92. The Morgan fingerprint density at radius 2 is 2.06 bits per heavy atom. The standard InChI is InChI=1S/C10H22N2O3S/c1-9(8-11)4-5-10(13)12-6-3-7-16(2,14)15/h9H,3-8,11H2,1-2H3,(H,12,13). The Kier molecular flexibility index (Phi) is 7.33. The monoisotopic (exact) mass is 250 g/mol. The second-order valence-corrected chi connectivity index (χ2v) is 6.47. The first-order valence-corrected chi connectivity index (χ1v) is 7.55. The molecule has 1 amide bonds. The fourth-order valence-electron chi connectivity index (χ4n) is 1.15. The van der Waals surface area contributed by atoms with Gasteiger partial charge in [0.05, 0.1) is 5.75 Å². The highest BCUT2D eigenvalue weighted by atomic mass is 32.2. The molecule has 0 aromatic rings. The summed E-state index contributed by atoms with van der Waals surface area (Å²) in [6.45, 7) is 3.00. The van der Waals surface area contributed by atoms with Crippen LogP contribution in [0, 0.1) is 5.92 Å². The van der Waals surface area contributed by atoms with E-state index in [0.717, 1.165) is 6.42 Å². The summed E-state index contributed by atoms with van der Waals surface area (Å²) in [5.41, 5.74) is 5.43. The minimum Gasteiger partial charge on any atom is -0.356 e. The summed E-state index contributed by atoms with van der Waals surface area (Å²) in [5, 5.41) is 2.69. The van der Waals surface area contributed by atoms with Gasteiger partial charge < -0.3 is 11.1 Å². The fraction of sp³-hybridized carbons (Fsp3) is 0.900. The van der Waals surface area contributed by atoms with Crippen LogP contribution in [-0.4, -0.2) is 39.4 Å². The van der Waals surface area contributed by atoms with Crippen LogP contribution in [0.4, 0.5) is 0 Å². The minimum absolute atomic E-state index is 0.0335. The summed E-state index contributed by atoms with van der Waals surface area (Å²) in [4.78, 5) is 11.3. The van der Waals surface area contributed by atoms with Gasteiger partial charge in [-0.05, 0) is 25.3 Å². The van der Waals surface area contributed by atoms with Gasteiger partial charge in [0.25, 0.3) is 0 Å². The topological polar surface area (TPSA) is 89.3 Å². The Hall–Kier alpha value is -0.620. The zero-order valence-corrected chi connectivity index (χ0v) is 10.8. The van der Waals surface area contributed by atoms with E-state index >= 15 is 0 Å². The lowest BCUT2D eigenvalue weighted by molar-refractivity contribution is -0.121. The molecule has 1 atom stereocenters. The van der Waals surface area contributed by atoms with Crippen LogP contribution < -0.4 is 11.1 Å². The summed E-state index contributed by atoms with van der Waals surface area (Å²) in [5.74, 6) is 0.433. The van der Waals surface area contributed by atoms with E-state index in [0.29, 0.717) is 31.8 Å². The van der Waals surface area contributed by atoms with Crippen molar-refractivity contribution in [3.8, 4) is 0 Å². The zero-order valence-electron chi connectivity index (χ0n) is 10.0. The predicted molar refractivity (Wildman–Crippen MR) is 64.8 cm³/mol. The number of sulfone groups is 1. The molecule has 0 aliphatic heterocycles. The van der Waals surface area contributed by atoms with Crippen LogP contribution in [0.1, 0.15) is 26.2 Å². The Bertz CT molecular complexity index is 301. The maximum absolute atomic E-state index is 11.3. The average molecular weight is 250 g/mol. The maximum Gasteiger partial charge on any atom is 0.220 e. The van der Waals surface area contributed by atoms with Crippen LogP contribution in [0.2, 0.25) is 0 Å². The van der Waals surface area contributed by atoms with Gasteiger partial charge in [-0.3, -0.25) is 4.79 Å². The molecule has 1 unspecified atom stereocenters. The molecular weight excluding hydrogens is 228 g/mol. The third kappa shape index (κ3) is 9.92. The zero-order chi connectivity index (χ0) is 12.6. The number of hydrogen-bond acceptors (Lipinski definition) is 4. The van der Waals surface area contributed by atoms with Crippen LogP contribution in [0.15, 0.2) is 0 Å². The van der Waals surface area contributed by atoms with Crippen molar-refractivity contribution in [3.05, 3.63) is 0 Å². The average Bonchev–Trinajstić information content (AvgIpc) is 2.19. The maximum atomic E-state index is 11.3. The first kappa shape index (κ1) is 15.4. The normalized spacial score (nSPS) is 13.4. The molecule has 0 saturated carbocycles. The van der Waals surface area contributed by atoms with Crippen molar-refractivity contribution in [2.45, 2.75) is 26.2 Å². The van der Waals surface area contributed by atoms with E-state index in [4.69, 9.17) is 5.73 Å². The van der Waals surface area contributed by atoms with Gasteiger partial charge in [-0.2, -0.15) is 0 Å². The highest BCUT2D eigenvalue weighted by molar-refractivity contribution is 7.90. The molecule has 0 spiro atoms. The number of hydrogen-bond donors (Lipinski definition) is 2. The van der Waals surface area contributed by atoms with Crippen molar-refractivity contribution in [1.82, 2.24) is 5.32 Å².